The summed E-state index contributed by atoms with van der Waals surface area (Å²) < 4.78 is 0. The average molecular weight is 338 g/mol. The highest BCUT2D eigenvalue weighted by atomic mass is 16.4. The Morgan fingerprint density at radius 1 is 1.16 bits per heavy atom. The number of hydrogen-bond donors (Lipinski definition) is 2. The minimum Gasteiger partial charge on any atom is -0.478 e. The Labute approximate surface area is 145 Å². The van der Waals surface area contributed by atoms with Crippen molar-refractivity contribution >= 4 is 29.2 Å². The predicted octanol–water partition coefficient (Wildman–Crippen LogP) is 2.61. The second-order valence-electron chi connectivity index (χ2n) is 6.06. The van der Waals surface area contributed by atoms with Crippen LogP contribution in [-0.2, 0) is 16.0 Å². The van der Waals surface area contributed by atoms with Crippen molar-refractivity contribution < 1.29 is 19.5 Å². The van der Waals surface area contributed by atoms with Crippen LogP contribution in [0.5, 0.6) is 0 Å². The van der Waals surface area contributed by atoms with Crippen LogP contribution in [0.15, 0.2) is 42.5 Å². The van der Waals surface area contributed by atoms with Crippen LogP contribution >= 0.6 is 0 Å². The monoisotopic (exact) mass is 338 g/mol. The van der Waals surface area contributed by atoms with E-state index >= 15 is 0 Å². The van der Waals surface area contributed by atoms with Gasteiger partial charge in [0.1, 0.15) is 6.04 Å². The van der Waals surface area contributed by atoms with Gasteiger partial charge in [0.25, 0.3) is 0 Å². The average Bonchev–Trinajstić information content (AvgIpc) is 2.96. The standard InChI is InChI=1S/C19H18N2O4/c1-11-7-8-14(19(24)25)9-15(11)20-18(23)17-10-13-5-3-4-6-16(13)21(17)12(2)22/h3-9,17H,10H2,1-2H3,(H,20,23)(H,24,25)/t17-/m0/s1. The zero-order chi connectivity index (χ0) is 18.1. The Hall–Kier alpha value is -3.15. The van der Waals surface area contributed by atoms with Crippen LogP contribution in [0.1, 0.15) is 28.4 Å². The lowest BCUT2D eigenvalue weighted by Crippen LogP contribution is -2.44. The van der Waals surface area contributed by atoms with Crippen molar-refractivity contribution in [2.75, 3.05) is 10.2 Å². The molecule has 6 nitrogen and oxygen atoms in total. The maximum atomic E-state index is 12.8. The Bertz CT molecular complexity index is 875. The van der Waals surface area contributed by atoms with Gasteiger partial charge in [-0.05, 0) is 36.2 Å². The van der Waals surface area contributed by atoms with Crippen molar-refractivity contribution in [3.05, 3.63) is 59.2 Å². The van der Waals surface area contributed by atoms with Crippen LogP contribution in [0, 0.1) is 6.92 Å². The topological polar surface area (TPSA) is 86.7 Å². The summed E-state index contributed by atoms with van der Waals surface area (Å²) in [7, 11) is 0. The summed E-state index contributed by atoms with van der Waals surface area (Å²) in [5.74, 6) is -1.60. The first kappa shape index (κ1) is 16.7. The number of nitrogens with zero attached hydrogens (tertiary/aromatic N) is 1. The molecule has 0 spiro atoms. The Morgan fingerprint density at radius 3 is 2.56 bits per heavy atom. The molecule has 2 aromatic carbocycles. The number of carboxylic acids is 1. The van der Waals surface area contributed by atoms with Gasteiger partial charge in [0.2, 0.25) is 11.8 Å². The fraction of sp³-hybridized carbons (Fsp3) is 0.211. The van der Waals surface area contributed by atoms with Crippen molar-refractivity contribution in [2.45, 2.75) is 26.3 Å². The first-order chi connectivity index (χ1) is 11.9. The number of aromatic carboxylic acids is 1. The maximum absolute atomic E-state index is 12.8. The molecule has 0 aromatic heterocycles. The number of rotatable bonds is 3. The first-order valence-electron chi connectivity index (χ1n) is 7.91. The molecule has 0 unspecified atom stereocenters. The molecule has 1 heterocycles. The molecule has 0 bridgehead atoms. The summed E-state index contributed by atoms with van der Waals surface area (Å²) in [4.78, 5) is 37.5. The second kappa shape index (κ2) is 6.39. The number of anilines is 2. The number of nitrogens with one attached hydrogen (secondary N) is 1. The fourth-order valence-electron chi connectivity index (χ4n) is 3.09. The highest BCUT2D eigenvalue weighted by molar-refractivity contribution is 6.07. The van der Waals surface area contributed by atoms with Gasteiger partial charge in [0.05, 0.1) is 5.56 Å². The van der Waals surface area contributed by atoms with E-state index in [1.165, 1.54) is 24.0 Å². The minimum absolute atomic E-state index is 0.0963. The molecular formula is C19H18N2O4. The predicted molar refractivity (Wildman–Crippen MR) is 93.9 cm³/mol. The van der Waals surface area contributed by atoms with Crippen molar-refractivity contribution in [2.24, 2.45) is 0 Å². The second-order valence-corrected chi connectivity index (χ2v) is 6.06. The van der Waals surface area contributed by atoms with E-state index in [2.05, 4.69) is 5.32 Å². The highest BCUT2D eigenvalue weighted by Crippen LogP contribution is 2.32. The molecule has 0 aliphatic carbocycles. The summed E-state index contributed by atoms with van der Waals surface area (Å²) in [6, 6.07) is 11.3. The Morgan fingerprint density at radius 2 is 1.88 bits per heavy atom. The number of benzene rings is 2. The number of aryl methyl sites for hydroxylation is 1. The summed E-state index contributed by atoms with van der Waals surface area (Å²) in [6.45, 7) is 3.21. The van der Waals surface area contributed by atoms with Crippen molar-refractivity contribution in [1.29, 1.82) is 0 Å². The summed E-state index contributed by atoms with van der Waals surface area (Å²) in [5.41, 5.74) is 2.96. The molecule has 1 aliphatic rings. The van der Waals surface area contributed by atoms with Gasteiger partial charge in [0, 0.05) is 24.7 Å². The van der Waals surface area contributed by atoms with Crippen molar-refractivity contribution in [3.8, 4) is 0 Å². The number of carboxylic acid groups (broad SMARTS) is 1. The molecule has 2 aromatic rings. The molecule has 6 heteroatoms. The first-order valence-corrected chi connectivity index (χ1v) is 7.91. The zero-order valence-electron chi connectivity index (χ0n) is 13.9. The van der Waals surface area contributed by atoms with Gasteiger partial charge in [-0.1, -0.05) is 24.3 Å². The number of carbonyl (C=O) groups excluding carboxylic acids is 2. The number of para-hydroxylation sites is 1. The molecule has 128 valence electrons. The normalized spacial score (nSPS) is 15.6. The Kier molecular flexibility index (Phi) is 4.27. The number of carbonyl (C=O) groups is 3. The smallest absolute Gasteiger partial charge is 0.335 e. The zero-order valence-corrected chi connectivity index (χ0v) is 13.9. The van der Waals surface area contributed by atoms with Crippen LogP contribution in [0.2, 0.25) is 0 Å². The van der Waals surface area contributed by atoms with E-state index in [0.717, 1.165) is 16.8 Å². The van der Waals surface area contributed by atoms with Crippen molar-refractivity contribution in [3.63, 3.8) is 0 Å². The third-order valence-electron chi connectivity index (χ3n) is 4.36. The molecule has 0 saturated carbocycles. The lowest BCUT2D eigenvalue weighted by Gasteiger charge is -2.23. The largest absolute Gasteiger partial charge is 0.478 e. The number of hydrogen-bond acceptors (Lipinski definition) is 3. The third-order valence-corrected chi connectivity index (χ3v) is 4.36. The van der Waals surface area contributed by atoms with E-state index < -0.39 is 12.0 Å². The molecule has 25 heavy (non-hydrogen) atoms. The van der Waals surface area contributed by atoms with E-state index in [4.69, 9.17) is 5.11 Å². The molecule has 1 atom stereocenters. The quantitative estimate of drug-likeness (QED) is 0.901. The van der Waals surface area contributed by atoms with Gasteiger partial charge in [-0.25, -0.2) is 4.79 Å². The molecule has 2 N–H and O–H groups in total. The van der Waals surface area contributed by atoms with Crippen LogP contribution in [-0.4, -0.2) is 28.9 Å². The number of fused-ring (bicyclic) bond motifs is 1. The van der Waals surface area contributed by atoms with Crippen LogP contribution in [0.25, 0.3) is 0 Å². The number of amides is 2. The minimum atomic E-state index is -1.06. The van der Waals surface area contributed by atoms with Gasteiger partial charge in [-0.15, -0.1) is 0 Å². The van der Waals surface area contributed by atoms with Crippen LogP contribution in [0.3, 0.4) is 0 Å². The fourth-order valence-corrected chi connectivity index (χ4v) is 3.09. The van der Waals surface area contributed by atoms with Crippen LogP contribution in [0.4, 0.5) is 11.4 Å². The molecule has 0 radical (unpaired) electrons. The van der Waals surface area contributed by atoms with Gasteiger partial charge >= 0.3 is 5.97 Å². The molecule has 0 fully saturated rings. The molecule has 2 amide bonds. The van der Waals surface area contributed by atoms with Crippen LogP contribution < -0.4 is 10.2 Å². The van der Waals surface area contributed by atoms with E-state index in [9.17, 15) is 14.4 Å². The highest BCUT2D eigenvalue weighted by Gasteiger charge is 2.36. The maximum Gasteiger partial charge on any atom is 0.335 e. The lowest BCUT2D eigenvalue weighted by molar-refractivity contribution is -0.122. The summed E-state index contributed by atoms with van der Waals surface area (Å²) in [5, 5.41) is 11.9. The van der Waals surface area contributed by atoms with E-state index in [-0.39, 0.29) is 17.4 Å². The van der Waals surface area contributed by atoms with Crippen molar-refractivity contribution in [1.82, 2.24) is 0 Å². The molecule has 1 aliphatic heterocycles. The SMILES string of the molecule is CC(=O)N1c2ccccc2C[C@H]1C(=O)Nc1cc(C(=O)O)ccc1C. The van der Waals surface area contributed by atoms with E-state index in [1.807, 2.05) is 24.3 Å². The molecule has 0 saturated heterocycles. The van der Waals surface area contributed by atoms with Gasteiger partial charge in [0.15, 0.2) is 0 Å². The van der Waals surface area contributed by atoms with Gasteiger partial charge < -0.3 is 10.4 Å². The molecule has 3 rings (SSSR count). The third kappa shape index (κ3) is 3.10. The van der Waals surface area contributed by atoms with E-state index in [1.54, 1.807) is 13.0 Å². The molecular weight excluding hydrogens is 320 g/mol. The van der Waals surface area contributed by atoms with Gasteiger partial charge in [-0.3, -0.25) is 14.5 Å². The summed E-state index contributed by atoms with van der Waals surface area (Å²) >= 11 is 0. The lowest BCUT2D eigenvalue weighted by atomic mass is 10.1. The Balaban J connectivity index is 1.88. The van der Waals surface area contributed by atoms with E-state index in [0.29, 0.717) is 12.1 Å². The summed E-state index contributed by atoms with van der Waals surface area (Å²) in [6.07, 6.45) is 0.430. The van der Waals surface area contributed by atoms with Gasteiger partial charge in [-0.2, -0.15) is 0 Å².